The van der Waals surface area contributed by atoms with E-state index in [0.29, 0.717) is 22.0 Å². The van der Waals surface area contributed by atoms with Crippen molar-refractivity contribution in [3.8, 4) is 17.0 Å². The number of rotatable bonds is 6. The van der Waals surface area contributed by atoms with Crippen LogP contribution in [0.2, 0.25) is 5.02 Å². The Labute approximate surface area is 194 Å². The molecular formula is C24H18ClN5O3. The predicted molar refractivity (Wildman–Crippen MR) is 124 cm³/mol. The molecule has 1 N–H and O–H groups in total. The van der Waals surface area contributed by atoms with E-state index in [4.69, 9.17) is 16.3 Å². The third-order valence-electron chi connectivity index (χ3n) is 4.74. The van der Waals surface area contributed by atoms with Crippen LogP contribution in [0.3, 0.4) is 0 Å². The Morgan fingerprint density at radius 2 is 1.73 bits per heavy atom. The Morgan fingerprint density at radius 1 is 1.03 bits per heavy atom. The van der Waals surface area contributed by atoms with Crippen LogP contribution in [-0.4, -0.2) is 45.3 Å². The molecule has 4 rings (SSSR count). The molecule has 2 aromatic carbocycles. The van der Waals surface area contributed by atoms with E-state index in [9.17, 15) is 9.59 Å². The van der Waals surface area contributed by atoms with Crippen LogP contribution >= 0.6 is 11.6 Å². The van der Waals surface area contributed by atoms with Crippen molar-refractivity contribution in [2.45, 2.75) is 0 Å². The normalized spacial score (nSPS) is 10.8. The zero-order valence-electron chi connectivity index (χ0n) is 17.5. The first kappa shape index (κ1) is 21.9. The van der Waals surface area contributed by atoms with Gasteiger partial charge in [-0.25, -0.2) is 0 Å². The SMILES string of the molecule is COc1ccc(C(=O)N(N=Cc2cn[nH]c2-c2cccc(Cl)c2)C(=O)c2ccncc2)cc1. The van der Waals surface area contributed by atoms with Gasteiger partial charge in [0, 0.05) is 39.7 Å². The quantitative estimate of drug-likeness (QED) is 0.261. The fourth-order valence-corrected chi connectivity index (χ4v) is 3.25. The molecule has 164 valence electrons. The van der Waals surface area contributed by atoms with E-state index in [2.05, 4.69) is 20.3 Å². The highest BCUT2D eigenvalue weighted by atomic mass is 35.5. The molecule has 0 fully saturated rings. The molecular weight excluding hydrogens is 442 g/mol. The summed E-state index contributed by atoms with van der Waals surface area (Å²) in [5.41, 5.74) is 2.56. The summed E-state index contributed by atoms with van der Waals surface area (Å²) in [6, 6.07) is 16.6. The monoisotopic (exact) mass is 459 g/mol. The standard InChI is InChI=1S/C24H18ClN5O3/c1-33-21-7-5-16(6-8-21)23(31)30(24(32)17-9-11-26-12-10-17)28-15-19-14-27-29-22(19)18-3-2-4-20(25)13-18/h2-15H,1H3,(H,27,29). The molecule has 8 nitrogen and oxygen atoms in total. The number of hydrogen-bond donors (Lipinski definition) is 1. The van der Waals surface area contributed by atoms with Gasteiger partial charge in [0.25, 0.3) is 11.8 Å². The summed E-state index contributed by atoms with van der Waals surface area (Å²) in [6.07, 6.45) is 5.90. The van der Waals surface area contributed by atoms with Crippen LogP contribution in [0.25, 0.3) is 11.3 Å². The summed E-state index contributed by atoms with van der Waals surface area (Å²) >= 11 is 6.10. The maximum Gasteiger partial charge on any atom is 0.281 e. The van der Waals surface area contributed by atoms with Crippen LogP contribution in [0.4, 0.5) is 0 Å². The van der Waals surface area contributed by atoms with Crippen molar-refractivity contribution < 1.29 is 14.3 Å². The lowest BCUT2D eigenvalue weighted by atomic mass is 10.1. The molecule has 2 heterocycles. The number of halogens is 1. The Kier molecular flexibility index (Phi) is 6.56. The van der Waals surface area contributed by atoms with Crippen LogP contribution in [0.5, 0.6) is 5.75 Å². The van der Waals surface area contributed by atoms with E-state index in [1.54, 1.807) is 42.6 Å². The summed E-state index contributed by atoms with van der Waals surface area (Å²) < 4.78 is 5.14. The lowest BCUT2D eigenvalue weighted by Crippen LogP contribution is -2.32. The molecule has 0 saturated heterocycles. The third-order valence-corrected chi connectivity index (χ3v) is 4.98. The number of carbonyl (C=O) groups is 2. The minimum absolute atomic E-state index is 0.270. The maximum atomic E-state index is 13.2. The van der Waals surface area contributed by atoms with E-state index in [1.165, 1.54) is 37.9 Å². The Bertz CT molecular complexity index is 1300. The average molecular weight is 460 g/mol. The van der Waals surface area contributed by atoms with E-state index in [0.717, 1.165) is 10.6 Å². The number of aromatic amines is 1. The second-order valence-corrected chi connectivity index (χ2v) is 7.28. The summed E-state index contributed by atoms with van der Waals surface area (Å²) in [5, 5.41) is 12.6. The van der Waals surface area contributed by atoms with Gasteiger partial charge in [-0.15, -0.1) is 0 Å². The fraction of sp³-hybridized carbons (Fsp3) is 0.0417. The number of hydrogen-bond acceptors (Lipinski definition) is 6. The minimum atomic E-state index is -0.595. The Balaban J connectivity index is 1.70. The van der Waals surface area contributed by atoms with Crippen molar-refractivity contribution in [2.75, 3.05) is 7.11 Å². The molecule has 0 radical (unpaired) electrons. The summed E-state index contributed by atoms with van der Waals surface area (Å²) in [7, 11) is 1.53. The number of nitrogens with zero attached hydrogens (tertiary/aromatic N) is 4. The van der Waals surface area contributed by atoms with Crippen LogP contribution in [-0.2, 0) is 0 Å². The molecule has 0 unspecified atom stereocenters. The van der Waals surface area contributed by atoms with E-state index < -0.39 is 11.8 Å². The lowest BCUT2D eigenvalue weighted by molar-refractivity contribution is 0.0621. The topological polar surface area (TPSA) is 101 Å². The first-order valence-corrected chi connectivity index (χ1v) is 10.2. The van der Waals surface area contributed by atoms with Gasteiger partial charge in [-0.05, 0) is 48.5 Å². The van der Waals surface area contributed by atoms with Crippen molar-refractivity contribution in [2.24, 2.45) is 5.10 Å². The summed E-state index contributed by atoms with van der Waals surface area (Å²) in [5.74, 6) is -0.600. The number of pyridine rings is 1. The Morgan fingerprint density at radius 3 is 2.39 bits per heavy atom. The molecule has 0 atom stereocenters. The van der Waals surface area contributed by atoms with Crippen molar-refractivity contribution >= 4 is 29.6 Å². The number of ether oxygens (including phenoxy) is 1. The van der Waals surface area contributed by atoms with Gasteiger partial charge in [0.15, 0.2) is 0 Å². The molecule has 0 aliphatic rings. The number of methoxy groups -OCH3 is 1. The smallest absolute Gasteiger partial charge is 0.281 e. The largest absolute Gasteiger partial charge is 0.497 e. The van der Waals surface area contributed by atoms with Crippen LogP contribution in [0, 0.1) is 0 Å². The number of benzene rings is 2. The first-order chi connectivity index (χ1) is 16.1. The van der Waals surface area contributed by atoms with Gasteiger partial charge in [-0.2, -0.15) is 15.2 Å². The first-order valence-electron chi connectivity index (χ1n) is 9.83. The highest BCUT2D eigenvalue weighted by Crippen LogP contribution is 2.23. The molecule has 0 saturated carbocycles. The number of hydrazone groups is 1. The van der Waals surface area contributed by atoms with E-state index in [-0.39, 0.29) is 11.1 Å². The highest BCUT2D eigenvalue weighted by molar-refractivity contribution is 6.30. The van der Waals surface area contributed by atoms with Gasteiger partial charge in [0.05, 0.1) is 25.2 Å². The van der Waals surface area contributed by atoms with Crippen molar-refractivity contribution in [1.29, 1.82) is 0 Å². The Hall–Kier alpha value is -4.30. The average Bonchev–Trinajstić information content (AvgIpc) is 3.33. The van der Waals surface area contributed by atoms with Crippen LogP contribution < -0.4 is 4.74 Å². The van der Waals surface area contributed by atoms with Gasteiger partial charge < -0.3 is 4.74 Å². The molecule has 0 bridgehead atoms. The molecule has 9 heteroatoms. The zero-order chi connectivity index (χ0) is 23.2. The number of nitrogens with one attached hydrogen (secondary N) is 1. The number of amides is 2. The van der Waals surface area contributed by atoms with Gasteiger partial charge >= 0.3 is 0 Å². The molecule has 2 amide bonds. The summed E-state index contributed by atoms with van der Waals surface area (Å²) in [6.45, 7) is 0. The van der Waals surface area contributed by atoms with Crippen molar-refractivity contribution in [1.82, 2.24) is 20.2 Å². The highest BCUT2D eigenvalue weighted by Gasteiger charge is 2.24. The number of carbonyl (C=O) groups excluding carboxylic acids is 2. The number of aromatic nitrogens is 3. The van der Waals surface area contributed by atoms with E-state index in [1.807, 2.05) is 12.1 Å². The molecule has 4 aromatic rings. The van der Waals surface area contributed by atoms with Gasteiger partial charge in [-0.3, -0.25) is 19.7 Å². The number of H-pyrrole nitrogens is 1. The molecule has 0 aliphatic carbocycles. The second kappa shape index (κ2) is 9.88. The van der Waals surface area contributed by atoms with Gasteiger partial charge in [-0.1, -0.05) is 23.7 Å². The van der Waals surface area contributed by atoms with Crippen LogP contribution in [0.15, 0.2) is 84.4 Å². The molecule has 2 aromatic heterocycles. The minimum Gasteiger partial charge on any atom is -0.497 e. The van der Waals surface area contributed by atoms with Crippen molar-refractivity contribution in [3.05, 3.63) is 101 Å². The zero-order valence-corrected chi connectivity index (χ0v) is 18.2. The van der Waals surface area contributed by atoms with Gasteiger partial charge in [0.1, 0.15) is 5.75 Å². The number of imide groups is 1. The van der Waals surface area contributed by atoms with Crippen molar-refractivity contribution in [3.63, 3.8) is 0 Å². The van der Waals surface area contributed by atoms with E-state index >= 15 is 0 Å². The fourth-order valence-electron chi connectivity index (χ4n) is 3.06. The van der Waals surface area contributed by atoms with Crippen LogP contribution in [0.1, 0.15) is 26.3 Å². The molecule has 0 spiro atoms. The maximum absolute atomic E-state index is 13.2. The summed E-state index contributed by atoms with van der Waals surface area (Å²) in [4.78, 5) is 30.3. The second-order valence-electron chi connectivity index (χ2n) is 6.84. The predicted octanol–water partition coefficient (Wildman–Crippen LogP) is 4.45. The lowest BCUT2D eigenvalue weighted by Gasteiger charge is -2.15. The third kappa shape index (κ3) is 4.97. The van der Waals surface area contributed by atoms with Gasteiger partial charge in [0.2, 0.25) is 0 Å². The molecule has 0 aliphatic heterocycles. The molecule has 33 heavy (non-hydrogen) atoms.